The average Bonchev–Trinajstić information content (AvgIpc) is 2.45. The maximum atomic E-state index is 12.3. The van der Waals surface area contributed by atoms with E-state index in [0.717, 1.165) is 5.69 Å². The molecule has 1 heterocycles. The summed E-state index contributed by atoms with van der Waals surface area (Å²) in [6.07, 6.45) is 0. The van der Waals surface area contributed by atoms with Gasteiger partial charge in [0.1, 0.15) is 17.3 Å². The van der Waals surface area contributed by atoms with Crippen LogP contribution in [-0.4, -0.2) is 24.2 Å². The standard InChI is InChI=1S/C16H20N2O3/c1-9(2)14-10(3)17-15(18-16(14)19)12-8-11(20-4)6-7-13(12)21-5/h6-9H,1-5H3,(H,17,18,19). The monoisotopic (exact) mass is 288 g/mol. The lowest BCUT2D eigenvalue weighted by Gasteiger charge is -2.13. The number of aromatic nitrogens is 2. The van der Waals surface area contributed by atoms with Gasteiger partial charge in [0.05, 0.1) is 19.8 Å². The van der Waals surface area contributed by atoms with E-state index in [-0.39, 0.29) is 11.5 Å². The molecule has 5 nitrogen and oxygen atoms in total. The number of hydrogen-bond acceptors (Lipinski definition) is 4. The highest BCUT2D eigenvalue weighted by Gasteiger charge is 2.15. The molecule has 1 N–H and O–H groups in total. The van der Waals surface area contributed by atoms with E-state index in [2.05, 4.69) is 9.97 Å². The second kappa shape index (κ2) is 5.99. The molecule has 0 aliphatic heterocycles. The van der Waals surface area contributed by atoms with Gasteiger partial charge in [-0.3, -0.25) is 4.79 Å². The van der Waals surface area contributed by atoms with Crippen molar-refractivity contribution in [1.82, 2.24) is 9.97 Å². The maximum Gasteiger partial charge on any atom is 0.254 e. The predicted octanol–water partition coefficient (Wildman–Crippen LogP) is 2.89. The SMILES string of the molecule is COc1ccc(OC)c(-c2nc(C)c(C(C)C)c(=O)[nH]2)c1. The van der Waals surface area contributed by atoms with Crippen molar-refractivity contribution in [3.8, 4) is 22.9 Å². The van der Waals surface area contributed by atoms with Crippen LogP contribution < -0.4 is 15.0 Å². The first-order valence-electron chi connectivity index (χ1n) is 6.81. The Labute approximate surface area is 124 Å². The summed E-state index contributed by atoms with van der Waals surface area (Å²) in [6.45, 7) is 5.80. The van der Waals surface area contributed by atoms with E-state index < -0.39 is 0 Å². The normalized spacial score (nSPS) is 10.8. The van der Waals surface area contributed by atoms with Crippen LogP contribution in [0.1, 0.15) is 31.0 Å². The van der Waals surface area contributed by atoms with Gasteiger partial charge in [0.25, 0.3) is 5.56 Å². The summed E-state index contributed by atoms with van der Waals surface area (Å²) in [7, 11) is 3.17. The van der Waals surface area contributed by atoms with Crippen LogP contribution in [0, 0.1) is 6.92 Å². The fourth-order valence-electron chi connectivity index (χ4n) is 2.40. The van der Waals surface area contributed by atoms with Gasteiger partial charge < -0.3 is 14.5 Å². The lowest BCUT2D eigenvalue weighted by Crippen LogP contribution is -2.18. The molecule has 0 radical (unpaired) electrons. The Morgan fingerprint density at radius 1 is 1.19 bits per heavy atom. The molecule has 0 saturated heterocycles. The first-order chi connectivity index (χ1) is 9.97. The molecule has 0 unspecified atom stereocenters. The van der Waals surface area contributed by atoms with Crippen molar-refractivity contribution in [2.24, 2.45) is 0 Å². The number of aryl methyl sites for hydroxylation is 1. The second-order valence-electron chi connectivity index (χ2n) is 5.13. The maximum absolute atomic E-state index is 12.3. The zero-order valence-electron chi connectivity index (χ0n) is 13.0. The number of nitrogens with zero attached hydrogens (tertiary/aromatic N) is 1. The molecular formula is C16H20N2O3. The Bertz CT molecular complexity index is 705. The Kier molecular flexibility index (Phi) is 4.31. The number of hydrogen-bond donors (Lipinski definition) is 1. The smallest absolute Gasteiger partial charge is 0.254 e. The highest BCUT2D eigenvalue weighted by Crippen LogP contribution is 2.31. The molecule has 0 aliphatic rings. The zero-order valence-corrected chi connectivity index (χ0v) is 13.0. The molecule has 0 fully saturated rings. The molecule has 0 saturated carbocycles. The third kappa shape index (κ3) is 2.91. The van der Waals surface area contributed by atoms with Crippen molar-refractivity contribution in [1.29, 1.82) is 0 Å². The number of H-pyrrole nitrogens is 1. The molecule has 0 bridgehead atoms. The van der Waals surface area contributed by atoms with Crippen LogP contribution in [0.2, 0.25) is 0 Å². The van der Waals surface area contributed by atoms with Crippen LogP contribution in [0.3, 0.4) is 0 Å². The minimum atomic E-state index is -0.114. The molecule has 112 valence electrons. The van der Waals surface area contributed by atoms with E-state index in [0.29, 0.717) is 28.5 Å². The van der Waals surface area contributed by atoms with Crippen molar-refractivity contribution in [2.45, 2.75) is 26.7 Å². The van der Waals surface area contributed by atoms with Crippen molar-refractivity contribution < 1.29 is 9.47 Å². The highest BCUT2D eigenvalue weighted by molar-refractivity contribution is 5.66. The van der Waals surface area contributed by atoms with Crippen molar-refractivity contribution in [3.63, 3.8) is 0 Å². The fourth-order valence-corrected chi connectivity index (χ4v) is 2.40. The van der Waals surface area contributed by atoms with E-state index in [1.54, 1.807) is 32.4 Å². The summed E-state index contributed by atoms with van der Waals surface area (Å²) in [4.78, 5) is 19.6. The Morgan fingerprint density at radius 3 is 2.43 bits per heavy atom. The molecule has 0 atom stereocenters. The largest absolute Gasteiger partial charge is 0.497 e. The van der Waals surface area contributed by atoms with Crippen molar-refractivity contribution in [3.05, 3.63) is 39.8 Å². The van der Waals surface area contributed by atoms with Gasteiger partial charge >= 0.3 is 0 Å². The van der Waals surface area contributed by atoms with Crippen LogP contribution in [0.25, 0.3) is 11.4 Å². The van der Waals surface area contributed by atoms with Gasteiger partial charge in [-0.25, -0.2) is 4.98 Å². The molecule has 1 aromatic carbocycles. The Hall–Kier alpha value is -2.30. The lowest BCUT2D eigenvalue weighted by atomic mass is 10.0. The van der Waals surface area contributed by atoms with E-state index >= 15 is 0 Å². The third-order valence-corrected chi connectivity index (χ3v) is 3.38. The van der Waals surface area contributed by atoms with E-state index in [1.165, 1.54) is 0 Å². The van der Waals surface area contributed by atoms with Crippen molar-refractivity contribution >= 4 is 0 Å². The zero-order chi connectivity index (χ0) is 15.6. The molecule has 0 spiro atoms. The molecular weight excluding hydrogens is 268 g/mol. The first kappa shape index (κ1) is 15.1. The van der Waals surface area contributed by atoms with Crippen LogP contribution in [-0.2, 0) is 0 Å². The van der Waals surface area contributed by atoms with E-state index in [4.69, 9.17) is 9.47 Å². The number of rotatable bonds is 4. The summed E-state index contributed by atoms with van der Waals surface area (Å²) in [6, 6.07) is 5.39. The molecule has 0 aliphatic carbocycles. The van der Waals surface area contributed by atoms with Crippen LogP contribution in [0.4, 0.5) is 0 Å². The van der Waals surface area contributed by atoms with Gasteiger partial charge in [-0.15, -0.1) is 0 Å². The van der Waals surface area contributed by atoms with Crippen LogP contribution >= 0.6 is 0 Å². The van der Waals surface area contributed by atoms with Gasteiger partial charge in [-0.1, -0.05) is 13.8 Å². The molecule has 2 rings (SSSR count). The van der Waals surface area contributed by atoms with Gasteiger partial charge in [0, 0.05) is 11.3 Å². The molecule has 1 aromatic heterocycles. The molecule has 5 heteroatoms. The lowest BCUT2D eigenvalue weighted by molar-refractivity contribution is 0.404. The summed E-state index contributed by atoms with van der Waals surface area (Å²) < 4.78 is 10.6. The summed E-state index contributed by atoms with van der Waals surface area (Å²) >= 11 is 0. The molecule has 2 aromatic rings. The van der Waals surface area contributed by atoms with E-state index in [9.17, 15) is 4.79 Å². The number of nitrogens with one attached hydrogen (secondary N) is 1. The van der Waals surface area contributed by atoms with Gasteiger partial charge in [-0.2, -0.15) is 0 Å². The average molecular weight is 288 g/mol. The minimum Gasteiger partial charge on any atom is -0.497 e. The highest BCUT2D eigenvalue weighted by atomic mass is 16.5. The van der Waals surface area contributed by atoms with E-state index in [1.807, 2.05) is 20.8 Å². The van der Waals surface area contributed by atoms with Gasteiger partial charge in [0.15, 0.2) is 0 Å². The number of methoxy groups -OCH3 is 2. The van der Waals surface area contributed by atoms with Crippen molar-refractivity contribution in [2.75, 3.05) is 14.2 Å². The fraction of sp³-hybridized carbons (Fsp3) is 0.375. The topological polar surface area (TPSA) is 64.2 Å². The summed E-state index contributed by atoms with van der Waals surface area (Å²) in [5.41, 5.74) is 2.03. The second-order valence-corrected chi connectivity index (χ2v) is 5.13. The first-order valence-corrected chi connectivity index (χ1v) is 6.81. The summed E-state index contributed by atoms with van der Waals surface area (Å²) in [5, 5.41) is 0. The predicted molar refractivity (Wildman–Crippen MR) is 82.2 cm³/mol. The number of aromatic amines is 1. The number of benzene rings is 1. The van der Waals surface area contributed by atoms with Crippen LogP contribution in [0.5, 0.6) is 11.5 Å². The quantitative estimate of drug-likeness (QED) is 0.939. The molecule has 0 amide bonds. The summed E-state index contributed by atoms with van der Waals surface area (Å²) in [5.74, 6) is 1.93. The number of ether oxygens (including phenoxy) is 2. The Balaban J connectivity index is 2.65. The van der Waals surface area contributed by atoms with Crippen LogP contribution in [0.15, 0.2) is 23.0 Å². The minimum absolute atomic E-state index is 0.114. The Morgan fingerprint density at radius 2 is 1.90 bits per heavy atom. The van der Waals surface area contributed by atoms with Gasteiger partial charge in [0.2, 0.25) is 0 Å². The molecule has 21 heavy (non-hydrogen) atoms. The van der Waals surface area contributed by atoms with Gasteiger partial charge in [-0.05, 0) is 31.0 Å². The third-order valence-electron chi connectivity index (χ3n) is 3.38.